The summed E-state index contributed by atoms with van der Waals surface area (Å²) in [4.78, 5) is 8.04. The summed E-state index contributed by atoms with van der Waals surface area (Å²) in [6, 6.07) is 8.69. The van der Waals surface area contributed by atoms with E-state index in [1.807, 2.05) is 12.3 Å². The van der Waals surface area contributed by atoms with Crippen molar-refractivity contribution in [3.05, 3.63) is 45.4 Å². The predicted molar refractivity (Wildman–Crippen MR) is 95.1 cm³/mol. The first-order valence-electron chi connectivity index (χ1n) is 7.25. The number of nitrogens with one attached hydrogen (secondary N) is 1. The largest absolute Gasteiger partial charge is 0.347 e. The van der Waals surface area contributed by atoms with E-state index in [1.54, 1.807) is 11.3 Å². The van der Waals surface area contributed by atoms with Crippen LogP contribution in [-0.4, -0.2) is 18.6 Å². The van der Waals surface area contributed by atoms with Gasteiger partial charge < -0.3 is 10.2 Å². The minimum atomic E-state index is 0.369. The van der Waals surface area contributed by atoms with Crippen LogP contribution in [0, 0.1) is 0 Å². The second-order valence-electron chi connectivity index (χ2n) is 5.17. The van der Waals surface area contributed by atoms with Gasteiger partial charge in [-0.05, 0) is 31.5 Å². The van der Waals surface area contributed by atoms with Gasteiger partial charge in [0.15, 0.2) is 5.13 Å². The van der Waals surface area contributed by atoms with Crippen molar-refractivity contribution < 1.29 is 0 Å². The number of benzene rings is 1. The molecule has 0 fully saturated rings. The quantitative estimate of drug-likeness (QED) is 0.774. The molecule has 3 nitrogen and oxygen atoms in total. The van der Waals surface area contributed by atoms with Crippen molar-refractivity contribution in [2.24, 2.45) is 0 Å². The number of anilines is 1. The fourth-order valence-electron chi connectivity index (χ4n) is 2.06. The first-order chi connectivity index (χ1) is 10.1. The van der Waals surface area contributed by atoms with Crippen molar-refractivity contribution in [3.8, 4) is 0 Å². The van der Waals surface area contributed by atoms with E-state index in [1.165, 1.54) is 10.4 Å². The Balaban J connectivity index is 2.02. The van der Waals surface area contributed by atoms with Gasteiger partial charge in [0.2, 0.25) is 0 Å². The second-order valence-corrected chi connectivity index (χ2v) is 7.06. The van der Waals surface area contributed by atoms with Crippen molar-refractivity contribution in [1.82, 2.24) is 10.3 Å². The topological polar surface area (TPSA) is 28.2 Å². The Hall–Kier alpha value is -0.910. The minimum Gasteiger partial charge on any atom is -0.347 e. The molecule has 0 amide bonds. The van der Waals surface area contributed by atoms with E-state index >= 15 is 0 Å². The van der Waals surface area contributed by atoms with Crippen molar-refractivity contribution in [2.45, 2.75) is 32.9 Å². The van der Waals surface area contributed by atoms with Crippen LogP contribution in [0.4, 0.5) is 5.13 Å². The minimum absolute atomic E-state index is 0.369. The van der Waals surface area contributed by atoms with Crippen LogP contribution >= 0.6 is 27.3 Å². The summed E-state index contributed by atoms with van der Waals surface area (Å²) >= 11 is 5.36. The van der Waals surface area contributed by atoms with Gasteiger partial charge in [-0.2, -0.15) is 0 Å². The average Bonchev–Trinajstić information content (AvgIpc) is 2.97. The molecule has 1 unspecified atom stereocenters. The maximum Gasteiger partial charge on any atom is 0.185 e. The monoisotopic (exact) mass is 367 g/mol. The molecule has 1 aromatic carbocycles. The van der Waals surface area contributed by atoms with Crippen LogP contribution < -0.4 is 10.2 Å². The normalized spacial score (nSPS) is 12.4. The first-order valence-corrected chi connectivity index (χ1v) is 8.86. The SMILES string of the molecule is CCCNC(C)c1cnc(N(C)Cc2ccccc2Br)s1. The summed E-state index contributed by atoms with van der Waals surface area (Å²) in [5.41, 5.74) is 1.27. The number of nitrogens with zero attached hydrogens (tertiary/aromatic N) is 2. The molecule has 114 valence electrons. The molecule has 1 heterocycles. The highest BCUT2D eigenvalue weighted by molar-refractivity contribution is 9.10. The summed E-state index contributed by atoms with van der Waals surface area (Å²) in [5.74, 6) is 0. The smallest absolute Gasteiger partial charge is 0.185 e. The molecule has 0 aliphatic carbocycles. The molecule has 1 atom stereocenters. The van der Waals surface area contributed by atoms with E-state index in [4.69, 9.17) is 0 Å². The number of hydrogen-bond donors (Lipinski definition) is 1. The van der Waals surface area contributed by atoms with Crippen LogP contribution in [0.5, 0.6) is 0 Å². The fraction of sp³-hybridized carbons (Fsp3) is 0.438. The third-order valence-electron chi connectivity index (χ3n) is 3.33. The number of hydrogen-bond acceptors (Lipinski definition) is 4. The highest BCUT2D eigenvalue weighted by Crippen LogP contribution is 2.28. The van der Waals surface area contributed by atoms with Crippen LogP contribution in [-0.2, 0) is 6.54 Å². The Morgan fingerprint density at radius 1 is 1.38 bits per heavy atom. The Bertz CT molecular complexity index is 570. The van der Waals surface area contributed by atoms with E-state index < -0.39 is 0 Å². The van der Waals surface area contributed by atoms with Crippen molar-refractivity contribution in [3.63, 3.8) is 0 Å². The molecule has 2 aromatic rings. The predicted octanol–water partition coefficient (Wildman–Crippen LogP) is 4.60. The zero-order chi connectivity index (χ0) is 15.2. The van der Waals surface area contributed by atoms with Gasteiger partial charge in [-0.1, -0.05) is 41.1 Å². The lowest BCUT2D eigenvalue weighted by atomic mass is 10.2. The maximum atomic E-state index is 4.56. The maximum absolute atomic E-state index is 4.56. The van der Waals surface area contributed by atoms with E-state index in [0.29, 0.717) is 6.04 Å². The lowest BCUT2D eigenvalue weighted by molar-refractivity contribution is 0.577. The molecular formula is C16H22BrN3S. The zero-order valence-electron chi connectivity index (χ0n) is 12.8. The summed E-state index contributed by atoms with van der Waals surface area (Å²) in [7, 11) is 2.09. The standard InChI is InChI=1S/C16H22BrN3S/c1-4-9-18-12(2)15-10-19-16(21-15)20(3)11-13-7-5-6-8-14(13)17/h5-8,10,12,18H,4,9,11H2,1-3H3. The van der Waals surface area contributed by atoms with Crippen LogP contribution in [0.3, 0.4) is 0 Å². The van der Waals surface area contributed by atoms with Gasteiger partial charge in [-0.3, -0.25) is 0 Å². The Labute approximate surface area is 139 Å². The molecule has 0 radical (unpaired) electrons. The lowest BCUT2D eigenvalue weighted by Crippen LogP contribution is -2.18. The van der Waals surface area contributed by atoms with E-state index in [9.17, 15) is 0 Å². The van der Waals surface area contributed by atoms with Crippen molar-refractivity contribution >= 4 is 32.4 Å². The fourth-order valence-corrected chi connectivity index (χ4v) is 3.38. The van der Waals surface area contributed by atoms with Crippen LogP contribution in [0.15, 0.2) is 34.9 Å². The van der Waals surface area contributed by atoms with Gasteiger partial charge in [0.05, 0.1) is 0 Å². The van der Waals surface area contributed by atoms with E-state index in [-0.39, 0.29) is 0 Å². The lowest BCUT2D eigenvalue weighted by Gasteiger charge is -2.17. The summed E-state index contributed by atoms with van der Waals surface area (Å²) in [5, 5.41) is 4.57. The Kier molecular flexibility index (Phi) is 6.21. The molecule has 0 bridgehead atoms. The highest BCUT2D eigenvalue weighted by Gasteiger charge is 2.12. The zero-order valence-corrected chi connectivity index (χ0v) is 15.2. The third kappa shape index (κ3) is 4.53. The Morgan fingerprint density at radius 2 is 2.14 bits per heavy atom. The average molecular weight is 368 g/mol. The molecular weight excluding hydrogens is 346 g/mol. The van der Waals surface area contributed by atoms with Crippen LogP contribution in [0.1, 0.15) is 36.8 Å². The molecule has 0 aliphatic rings. The summed E-state index contributed by atoms with van der Waals surface area (Å²) < 4.78 is 1.15. The second kappa shape index (κ2) is 7.92. The molecule has 0 saturated carbocycles. The third-order valence-corrected chi connectivity index (χ3v) is 5.40. The molecule has 0 saturated heterocycles. The first kappa shape index (κ1) is 16.5. The van der Waals surface area contributed by atoms with Gasteiger partial charge in [0.1, 0.15) is 0 Å². The number of thiazole rings is 1. The van der Waals surface area contributed by atoms with Crippen LogP contribution in [0.2, 0.25) is 0 Å². The molecule has 1 N–H and O–H groups in total. The van der Waals surface area contributed by atoms with Gasteiger partial charge >= 0.3 is 0 Å². The van der Waals surface area contributed by atoms with Gasteiger partial charge in [0.25, 0.3) is 0 Å². The van der Waals surface area contributed by atoms with Crippen LogP contribution in [0.25, 0.3) is 0 Å². The number of halogens is 1. The highest BCUT2D eigenvalue weighted by atomic mass is 79.9. The van der Waals surface area contributed by atoms with Crippen molar-refractivity contribution in [1.29, 1.82) is 0 Å². The van der Waals surface area contributed by atoms with E-state index in [0.717, 1.165) is 29.1 Å². The van der Waals surface area contributed by atoms with Gasteiger partial charge in [0, 0.05) is 35.2 Å². The van der Waals surface area contributed by atoms with Crippen molar-refractivity contribution in [2.75, 3.05) is 18.5 Å². The van der Waals surface area contributed by atoms with Gasteiger partial charge in [-0.25, -0.2) is 4.98 Å². The molecule has 2 rings (SSSR count). The Morgan fingerprint density at radius 3 is 2.86 bits per heavy atom. The summed E-state index contributed by atoms with van der Waals surface area (Å²) in [6.45, 7) is 6.27. The molecule has 1 aromatic heterocycles. The van der Waals surface area contributed by atoms with E-state index in [2.05, 4.69) is 70.2 Å². The molecule has 0 aliphatic heterocycles. The molecule has 0 spiro atoms. The number of aromatic nitrogens is 1. The summed E-state index contributed by atoms with van der Waals surface area (Å²) in [6.07, 6.45) is 3.14. The number of rotatable bonds is 7. The molecule has 5 heteroatoms. The van der Waals surface area contributed by atoms with Gasteiger partial charge in [-0.15, -0.1) is 11.3 Å². The molecule has 21 heavy (non-hydrogen) atoms.